The number of H-pyrrole nitrogens is 1. The van der Waals surface area contributed by atoms with Crippen LogP contribution >= 0.6 is 0 Å². The van der Waals surface area contributed by atoms with Crippen LogP contribution in [0, 0.1) is 16.0 Å². The fraction of sp³-hybridized carbons (Fsp3) is 0.615. The molecular formula is C13H16N4O4. The number of rotatable bonds is 2. The van der Waals surface area contributed by atoms with Crippen molar-refractivity contribution < 1.29 is 14.5 Å². The lowest BCUT2D eigenvalue weighted by atomic mass is 9.77. The molecule has 21 heavy (non-hydrogen) atoms. The maximum Gasteiger partial charge on any atom is 0.319 e. The van der Waals surface area contributed by atoms with Gasteiger partial charge in [0, 0.05) is 24.9 Å². The first kappa shape index (κ1) is 13.7. The summed E-state index contributed by atoms with van der Waals surface area (Å²) in [4.78, 5) is 36.5. The first-order valence-corrected chi connectivity index (χ1v) is 7.11. The molecule has 112 valence electrons. The second kappa shape index (κ2) is 5.27. The van der Waals surface area contributed by atoms with Crippen LogP contribution in [-0.2, 0) is 4.79 Å². The summed E-state index contributed by atoms with van der Waals surface area (Å²) < 4.78 is 0. The van der Waals surface area contributed by atoms with E-state index in [0.717, 1.165) is 31.9 Å². The topological polar surface area (TPSA) is 109 Å². The lowest BCUT2D eigenvalue weighted by Gasteiger charge is -2.42. The minimum atomic E-state index is -0.621. The van der Waals surface area contributed by atoms with E-state index in [0.29, 0.717) is 13.0 Å². The fourth-order valence-electron chi connectivity index (χ4n) is 3.41. The summed E-state index contributed by atoms with van der Waals surface area (Å²) in [6, 6.07) is -0.129. The molecule has 0 bridgehead atoms. The third-order valence-electron chi connectivity index (χ3n) is 4.43. The molecule has 0 radical (unpaired) electrons. The summed E-state index contributed by atoms with van der Waals surface area (Å²) in [7, 11) is 0. The summed E-state index contributed by atoms with van der Waals surface area (Å²) in [6.07, 6.45) is 4.93. The van der Waals surface area contributed by atoms with Crippen LogP contribution < -0.4 is 0 Å². The number of nitrogens with zero attached hydrogens (tertiary/aromatic N) is 3. The van der Waals surface area contributed by atoms with Crippen LogP contribution in [0.1, 0.15) is 42.6 Å². The van der Waals surface area contributed by atoms with E-state index >= 15 is 0 Å². The second-order valence-electron chi connectivity index (χ2n) is 5.56. The lowest BCUT2D eigenvalue weighted by Crippen LogP contribution is -2.53. The number of ketones is 1. The Morgan fingerprint density at radius 1 is 1.43 bits per heavy atom. The zero-order valence-electron chi connectivity index (χ0n) is 11.4. The van der Waals surface area contributed by atoms with Gasteiger partial charge in [-0.05, 0) is 12.8 Å². The molecule has 1 aliphatic carbocycles. The van der Waals surface area contributed by atoms with Crippen LogP contribution in [0.2, 0.25) is 0 Å². The van der Waals surface area contributed by atoms with Gasteiger partial charge < -0.3 is 4.90 Å². The SMILES string of the molecule is O=C1CCN(C(=O)c2[nH]ncc2[N+](=O)[O-])[C@@H]2CCCC[C@H]12. The number of carbonyl (C=O) groups is 2. The second-order valence-corrected chi connectivity index (χ2v) is 5.56. The molecule has 1 N–H and O–H groups in total. The van der Waals surface area contributed by atoms with E-state index in [1.165, 1.54) is 0 Å². The largest absolute Gasteiger partial charge is 0.333 e. The number of nitrogens with one attached hydrogen (secondary N) is 1. The molecule has 3 rings (SSSR count). The lowest BCUT2D eigenvalue weighted by molar-refractivity contribution is -0.385. The molecule has 2 atom stereocenters. The number of aromatic nitrogens is 2. The van der Waals surface area contributed by atoms with Crippen LogP contribution in [0.3, 0.4) is 0 Å². The monoisotopic (exact) mass is 292 g/mol. The molecule has 0 spiro atoms. The van der Waals surface area contributed by atoms with E-state index in [9.17, 15) is 19.7 Å². The van der Waals surface area contributed by atoms with E-state index < -0.39 is 10.8 Å². The van der Waals surface area contributed by atoms with Crippen LogP contribution in [0.25, 0.3) is 0 Å². The van der Waals surface area contributed by atoms with E-state index in [1.807, 2.05) is 0 Å². The normalized spacial score (nSPS) is 25.5. The molecule has 2 aliphatic rings. The van der Waals surface area contributed by atoms with E-state index in [-0.39, 0.29) is 29.1 Å². The van der Waals surface area contributed by atoms with Gasteiger partial charge in [0.2, 0.25) is 5.69 Å². The number of carbonyl (C=O) groups excluding carboxylic acids is 2. The third-order valence-corrected chi connectivity index (χ3v) is 4.43. The molecule has 2 fully saturated rings. The number of nitro groups is 1. The van der Waals surface area contributed by atoms with Gasteiger partial charge >= 0.3 is 5.69 Å². The summed E-state index contributed by atoms with van der Waals surface area (Å²) in [5, 5.41) is 16.9. The summed E-state index contributed by atoms with van der Waals surface area (Å²) >= 11 is 0. The molecule has 0 unspecified atom stereocenters. The number of piperidine rings is 1. The van der Waals surface area contributed by atoms with Crippen LogP contribution in [0.15, 0.2) is 6.20 Å². The van der Waals surface area contributed by atoms with Gasteiger partial charge in [0.1, 0.15) is 12.0 Å². The molecular weight excluding hydrogens is 276 g/mol. The van der Waals surface area contributed by atoms with Crippen molar-refractivity contribution in [1.29, 1.82) is 0 Å². The molecule has 0 aromatic carbocycles. The summed E-state index contributed by atoms with van der Waals surface area (Å²) in [5.41, 5.74) is -0.414. The Morgan fingerprint density at radius 3 is 2.95 bits per heavy atom. The highest BCUT2D eigenvalue weighted by atomic mass is 16.6. The highest BCUT2D eigenvalue weighted by Gasteiger charge is 2.42. The van der Waals surface area contributed by atoms with Crippen molar-refractivity contribution in [2.45, 2.75) is 38.1 Å². The predicted molar refractivity (Wildman–Crippen MR) is 71.6 cm³/mol. The Balaban J connectivity index is 1.88. The molecule has 2 heterocycles. The molecule has 8 heteroatoms. The van der Waals surface area contributed by atoms with Crippen LogP contribution in [0.4, 0.5) is 5.69 Å². The molecule has 1 saturated carbocycles. The minimum absolute atomic E-state index is 0.0985. The molecule has 1 saturated heterocycles. The number of aromatic amines is 1. The van der Waals surface area contributed by atoms with Crippen molar-refractivity contribution in [1.82, 2.24) is 15.1 Å². The Bertz CT molecular complexity index is 597. The number of fused-ring (bicyclic) bond motifs is 1. The first-order chi connectivity index (χ1) is 10.1. The van der Waals surface area contributed by atoms with Gasteiger partial charge in [-0.3, -0.25) is 24.8 Å². The smallest absolute Gasteiger partial charge is 0.319 e. The minimum Gasteiger partial charge on any atom is -0.333 e. The standard InChI is InChI=1S/C13H16N4O4/c18-11-5-6-16(9-4-2-1-3-8(9)11)13(19)12-10(17(20)21)7-14-15-12/h7-9H,1-6H2,(H,14,15)/t8-,9+/m0/s1. The number of likely N-dealkylation sites (tertiary alicyclic amines) is 1. The van der Waals surface area contributed by atoms with E-state index in [4.69, 9.17) is 0 Å². The van der Waals surface area contributed by atoms with Crippen molar-refractivity contribution >= 4 is 17.4 Å². The average Bonchev–Trinajstić information content (AvgIpc) is 2.97. The summed E-state index contributed by atoms with van der Waals surface area (Å²) in [6.45, 7) is 0.328. The van der Waals surface area contributed by atoms with Crippen LogP contribution in [0.5, 0.6) is 0 Å². The van der Waals surface area contributed by atoms with Crippen LogP contribution in [-0.4, -0.2) is 44.3 Å². The molecule has 8 nitrogen and oxygen atoms in total. The number of hydrogen-bond donors (Lipinski definition) is 1. The Labute approximate surface area is 120 Å². The average molecular weight is 292 g/mol. The predicted octanol–water partition coefficient (Wildman–Crippen LogP) is 1.29. The highest BCUT2D eigenvalue weighted by Crippen LogP contribution is 2.34. The Hall–Kier alpha value is -2.25. The van der Waals surface area contributed by atoms with Gasteiger partial charge in [0.25, 0.3) is 5.91 Å². The fourth-order valence-corrected chi connectivity index (χ4v) is 3.41. The number of Topliss-reactive ketones (excluding diaryl/α,β-unsaturated/α-hetero) is 1. The maximum atomic E-state index is 12.6. The Morgan fingerprint density at radius 2 is 2.19 bits per heavy atom. The number of hydrogen-bond acceptors (Lipinski definition) is 5. The number of amides is 1. The molecule has 1 amide bonds. The maximum absolute atomic E-state index is 12.6. The van der Waals surface area contributed by atoms with Crippen molar-refractivity contribution in [2.24, 2.45) is 5.92 Å². The van der Waals surface area contributed by atoms with Crippen molar-refractivity contribution in [2.75, 3.05) is 6.54 Å². The first-order valence-electron chi connectivity index (χ1n) is 7.11. The van der Waals surface area contributed by atoms with Gasteiger partial charge in [-0.1, -0.05) is 12.8 Å². The third kappa shape index (κ3) is 2.30. The van der Waals surface area contributed by atoms with Crippen molar-refractivity contribution in [3.05, 3.63) is 22.0 Å². The zero-order chi connectivity index (χ0) is 15.0. The van der Waals surface area contributed by atoms with Gasteiger partial charge in [-0.25, -0.2) is 0 Å². The summed E-state index contributed by atoms with van der Waals surface area (Å²) in [5.74, 6) is -0.329. The molecule has 1 aromatic rings. The van der Waals surface area contributed by atoms with Gasteiger partial charge in [0.05, 0.1) is 4.92 Å². The quantitative estimate of drug-likeness (QED) is 0.652. The van der Waals surface area contributed by atoms with Crippen molar-refractivity contribution in [3.63, 3.8) is 0 Å². The van der Waals surface area contributed by atoms with E-state index in [2.05, 4.69) is 10.2 Å². The van der Waals surface area contributed by atoms with Gasteiger partial charge in [-0.15, -0.1) is 0 Å². The van der Waals surface area contributed by atoms with Gasteiger partial charge in [0.15, 0.2) is 0 Å². The molecule has 1 aliphatic heterocycles. The van der Waals surface area contributed by atoms with Gasteiger partial charge in [-0.2, -0.15) is 5.10 Å². The van der Waals surface area contributed by atoms with E-state index in [1.54, 1.807) is 4.90 Å². The zero-order valence-corrected chi connectivity index (χ0v) is 11.4. The van der Waals surface area contributed by atoms with Crippen molar-refractivity contribution in [3.8, 4) is 0 Å². The Kier molecular flexibility index (Phi) is 3.44. The molecule has 1 aromatic heterocycles. The highest BCUT2D eigenvalue weighted by molar-refractivity contribution is 5.97.